The van der Waals surface area contributed by atoms with Gasteiger partial charge in [0.25, 0.3) is 0 Å². The van der Waals surface area contributed by atoms with Gasteiger partial charge in [-0.2, -0.15) is 5.26 Å². The number of aromatic nitrogens is 1. The second-order valence-electron chi connectivity index (χ2n) is 2.62. The van der Waals surface area contributed by atoms with Crippen LogP contribution in [0.5, 0.6) is 0 Å². The van der Waals surface area contributed by atoms with E-state index in [0.29, 0.717) is 5.69 Å². The third-order valence-electron chi connectivity index (χ3n) is 1.74. The summed E-state index contributed by atoms with van der Waals surface area (Å²) in [4.78, 5) is 5.00. The predicted molar refractivity (Wildman–Crippen MR) is 60.0 cm³/mol. The van der Waals surface area contributed by atoms with E-state index in [9.17, 15) is 0 Å². The Morgan fingerprint density at radius 3 is 2.64 bits per heavy atom. The van der Waals surface area contributed by atoms with E-state index in [1.165, 1.54) is 11.3 Å². The predicted octanol–water partition coefficient (Wildman–Crippen LogP) is 3.44. The van der Waals surface area contributed by atoms with Gasteiger partial charge in [0, 0.05) is 0 Å². The molecule has 0 saturated heterocycles. The minimum Gasteiger partial charge on any atom is -0.218 e. The van der Waals surface area contributed by atoms with Crippen molar-refractivity contribution in [2.75, 3.05) is 0 Å². The van der Waals surface area contributed by atoms with Crippen molar-refractivity contribution < 1.29 is 0 Å². The third-order valence-corrected chi connectivity index (χ3v) is 3.30. The molecule has 0 aliphatic carbocycles. The van der Waals surface area contributed by atoms with Crippen LogP contribution in [0.3, 0.4) is 0 Å². The maximum atomic E-state index is 8.87. The SMILES string of the molecule is N#Cc1nc(Br)sc1-c1ccccc1. The van der Waals surface area contributed by atoms with E-state index in [-0.39, 0.29) is 0 Å². The quantitative estimate of drug-likeness (QED) is 0.791. The first-order valence-electron chi connectivity index (χ1n) is 3.93. The Kier molecular flexibility index (Phi) is 2.62. The maximum absolute atomic E-state index is 8.87. The van der Waals surface area contributed by atoms with Crippen molar-refractivity contribution in [3.63, 3.8) is 0 Å². The molecular formula is C10H5BrN2S. The van der Waals surface area contributed by atoms with Crippen LogP contribution in [0, 0.1) is 11.3 Å². The topological polar surface area (TPSA) is 36.7 Å². The van der Waals surface area contributed by atoms with Gasteiger partial charge in [0.1, 0.15) is 6.07 Å². The molecule has 0 unspecified atom stereocenters. The number of thiazole rings is 1. The minimum absolute atomic E-state index is 0.480. The van der Waals surface area contributed by atoms with Gasteiger partial charge in [0.05, 0.1) is 4.88 Å². The van der Waals surface area contributed by atoms with E-state index < -0.39 is 0 Å². The number of hydrogen-bond acceptors (Lipinski definition) is 3. The van der Waals surface area contributed by atoms with E-state index in [0.717, 1.165) is 14.4 Å². The third kappa shape index (κ3) is 1.69. The Labute approximate surface area is 94.0 Å². The molecule has 0 fully saturated rings. The van der Waals surface area contributed by atoms with Crippen LogP contribution in [0.1, 0.15) is 5.69 Å². The summed E-state index contributed by atoms with van der Waals surface area (Å²) in [5.41, 5.74) is 1.51. The van der Waals surface area contributed by atoms with Crippen LogP contribution in [-0.4, -0.2) is 4.98 Å². The van der Waals surface area contributed by atoms with Crippen molar-refractivity contribution in [2.45, 2.75) is 0 Å². The monoisotopic (exact) mass is 264 g/mol. The van der Waals surface area contributed by atoms with E-state index in [4.69, 9.17) is 5.26 Å². The standard InChI is InChI=1S/C10H5BrN2S/c11-10-13-8(6-12)9(14-10)7-4-2-1-3-5-7/h1-5H. The molecule has 2 nitrogen and oxygen atoms in total. The van der Waals surface area contributed by atoms with E-state index in [2.05, 4.69) is 27.0 Å². The van der Waals surface area contributed by atoms with Gasteiger partial charge in [-0.05, 0) is 21.5 Å². The highest BCUT2D eigenvalue weighted by atomic mass is 79.9. The molecule has 1 aromatic carbocycles. The minimum atomic E-state index is 0.480. The van der Waals surface area contributed by atoms with Gasteiger partial charge in [-0.15, -0.1) is 11.3 Å². The molecule has 0 N–H and O–H groups in total. The van der Waals surface area contributed by atoms with Crippen molar-refractivity contribution in [3.05, 3.63) is 39.9 Å². The summed E-state index contributed by atoms with van der Waals surface area (Å²) in [7, 11) is 0. The number of halogens is 1. The van der Waals surface area contributed by atoms with Crippen LogP contribution in [0.4, 0.5) is 0 Å². The molecule has 0 aliphatic rings. The van der Waals surface area contributed by atoms with Gasteiger partial charge >= 0.3 is 0 Å². The largest absolute Gasteiger partial charge is 0.218 e. The zero-order chi connectivity index (χ0) is 9.97. The molecule has 0 aliphatic heterocycles. The first-order valence-corrected chi connectivity index (χ1v) is 5.54. The van der Waals surface area contributed by atoms with Crippen LogP contribution in [0.2, 0.25) is 0 Å². The molecule has 14 heavy (non-hydrogen) atoms. The molecule has 0 saturated carbocycles. The fraction of sp³-hybridized carbons (Fsp3) is 0. The van der Waals surface area contributed by atoms with Crippen LogP contribution in [0.25, 0.3) is 10.4 Å². The molecule has 1 aromatic heterocycles. The van der Waals surface area contributed by atoms with Crippen molar-refractivity contribution >= 4 is 27.3 Å². The van der Waals surface area contributed by atoms with Gasteiger partial charge in [-0.3, -0.25) is 0 Å². The summed E-state index contributed by atoms with van der Waals surface area (Å²) in [5, 5.41) is 8.87. The molecule has 68 valence electrons. The lowest BCUT2D eigenvalue weighted by Crippen LogP contribution is -1.78. The molecule has 0 bridgehead atoms. The average molecular weight is 265 g/mol. The summed E-state index contributed by atoms with van der Waals surface area (Å²) in [6.07, 6.45) is 0. The highest BCUT2D eigenvalue weighted by Gasteiger charge is 2.10. The molecule has 0 radical (unpaired) electrons. The fourth-order valence-corrected chi connectivity index (χ4v) is 2.57. The Morgan fingerprint density at radius 1 is 1.29 bits per heavy atom. The van der Waals surface area contributed by atoms with Crippen LogP contribution in [-0.2, 0) is 0 Å². The smallest absolute Gasteiger partial charge is 0.161 e. The number of hydrogen-bond donors (Lipinski definition) is 0. The molecule has 2 aromatic rings. The second kappa shape index (κ2) is 3.91. The van der Waals surface area contributed by atoms with E-state index in [1.54, 1.807) is 0 Å². The van der Waals surface area contributed by atoms with Gasteiger partial charge in [0.15, 0.2) is 9.61 Å². The van der Waals surface area contributed by atoms with Crippen LogP contribution < -0.4 is 0 Å². The van der Waals surface area contributed by atoms with Crippen molar-refractivity contribution in [1.82, 2.24) is 4.98 Å². The summed E-state index contributed by atoms with van der Waals surface area (Å²) in [6.45, 7) is 0. The average Bonchev–Trinajstić information content (AvgIpc) is 2.61. The molecule has 0 atom stereocenters. The Balaban J connectivity index is 2.58. The van der Waals surface area contributed by atoms with Gasteiger partial charge in [-0.25, -0.2) is 4.98 Å². The van der Waals surface area contributed by atoms with Gasteiger partial charge in [-0.1, -0.05) is 30.3 Å². The molecule has 1 heterocycles. The second-order valence-corrected chi connectivity index (χ2v) is 4.90. The summed E-state index contributed by atoms with van der Waals surface area (Å²) < 4.78 is 0.743. The molecule has 4 heteroatoms. The van der Waals surface area contributed by atoms with Gasteiger partial charge < -0.3 is 0 Å². The molecule has 0 amide bonds. The van der Waals surface area contributed by atoms with Crippen molar-refractivity contribution in [3.8, 4) is 16.5 Å². The Morgan fingerprint density at radius 2 is 2.00 bits per heavy atom. The first-order chi connectivity index (χ1) is 6.81. The van der Waals surface area contributed by atoms with Crippen molar-refractivity contribution in [1.29, 1.82) is 5.26 Å². The van der Waals surface area contributed by atoms with E-state index >= 15 is 0 Å². The number of rotatable bonds is 1. The summed E-state index contributed by atoms with van der Waals surface area (Å²) >= 11 is 4.75. The lowest BCUT2D eigenvalue weighted by molar-refractivity contribution is 1.31. The lowest BCUT2D eigenvalue weighted by atomic mass is 10.2. The number of nitrogens with zero attached hydrogens (tertiary/aromatic N) is 2. The summed E-state index contributed by atoms with van der Waals surface area (Å²) in [6, 6.07) is 11.9. The number of benzene rings is 1. The zero-order valence-electron chi connectivity index (χ0n) is 7.07. The first kappa shape index (κ1) is 9.38. The normalized spacial score (nSPS) is 9.71. The van der Waals surface area contributed by atoms with E-state index in [1.807, 2.05) is 30.3 Å². The maximum Gasteiger partial charge on any atom is 0.161 e. The molecular weight excluding hydrogens is 260 g/mol. The Bertz CT molecular complexity index is 485. The van der Waals surface area contributed by atoms with Crippen LogP contribution >= 0.6 is 27.3 Å². The zero-order valence-corrected chi connectivity index (χ0v) is 9.47. The van der Waals surface area contributed by atoms with Crippen molar-refractivity contribution in [2.24, 2.45) is 0 Å². The molecule has 2 rings (SSSR count). The highest BCUT2D eigenvalue weighted by Crippen LogP contribution is 2.32. The summed E-state index contributed by atoms with van der Waals surface area (Å²) in [5.74, 6) is 0. The highest BCUT2D eigenvalue weighted by molar-refractivity contribution is 9.11. The lowest BCUT2D eigenvalue weighted by Gasteiger charge is -1.94. The number of nitriles is 1. The van der Waals surface area contributed by atoms with Crippen LogP contribution in [0.15, 0.2) is 34.2 Å². The fourth-order valence-electron chi connectivity index (χ4n) is 1.15. The van der Waals surface area contributed by atoms with Gasteiger partial charge in [0.2, 0.25) is 0 Å². The molecule has 0 spiro atoms. The Hall–Kier alpha value is -1.18.